The Morgan fingerprint density at radius 1 is 1.28 bits per heavy atom. The molecule has 0 bridgehead atoms. The fraction of sp³-hybridized carbons (Fsp3) is 0.286. The molecule has 0 fully saturated rings. The number of fused-ring (bicyclic) bond motifs is 2. The predicted molar refractivity (Wildman–Crippen MR) is 112 cm³/mol. The first kappa shape index (κ1) is 19.5. The highest BCUT2D eigenvalue weighted by Gasteiger charge is 2.27. The molecule has 7 nitrogen and oxygen atoms in total. The van der Waals surface area contributed by atoms with Crippen LogP contribution < -0.4 is 14.4 Å². The number of aromatic nitrogens is 1. The van der Waals surface area contributed by atoms with E-state index in [0.717, 1.165) is 16.5 Å². The quantitative estimate of drug-likeness (QED) is 0.673. The summed E-state index contributed by atoms with van der Waals surface area (Å²) in [4.78, 5) is 16.8. The molecule has 2 aromatic carbocycles. The molecule has 0 saturated carbocycles. The van der Waals surface area contributed by atoms with Crippen LogP contribution in [0.5, 0.6) is 5.75 Å². The lowest BCUT2D eigenvalue weighted by Crippen LogP contribution is -2.41. The fourth-order valence-electron chi connectivity index (χ4n) is 3.62. The van der Waals surface area contributed by atoms with E-state index in [2.05, 4.69) is 9.71 Å². The summed E-state index contributed by atoms with van der Waals surface area (Å²) in [6.07, 6.45) is 2.32. The summed E-state index contributed by atoms with van der Waals surface area (Å²) in [5.74, 6) is 0.361. The van der Waals surface area contributed by atoms with Gasteiger partial charge in [-0.05, 0) is 43.2 Å². The molecule has 0 aliphatic carbocycles. The monoisotopic (exact) mass is 413 g/mol. The number of carbonyl (C=O) groups is 1. The van der Waals surface area contributed by atoms with E-state index >= 15 is 0 Å². The Balaban J connectivity index is 1.52. The minimum Gasteiger partial charge on any atom is -0.487 e. The van der Waals surface area contributed by atoms with Gasteiger partial charge in [-0.1, -0.05) is 18.2 Å². The first-order valence-electron chi connectivity index (χ1n) is 9.48. The first-order chi connectivity index (χ1) is 13.8. The zero-order valence-corrected chi connectivity index (χ0v) is 17.1. The van der Waals surface area contributed by atoms with Crippen LogP contribution in [0, 0.1) is 0 Å². The number of amides is 1. The number of benzene rings is 2. The van der Waals surface area contributed by atoms with Crippen LogP contribution in [-0.4, -0.2) is 38.5 Å². The summed E-state index contributed by atoms with van der Waals surface area (Å²) in [5.41, 5.74) is 2.56. The minimum absolute atomic E-state index is 0.111. The Kier molecular flexibility index (Phi) is 5.06. The molecular formula is C21H23N3O4S. The van der Waals surface area contributed by atoms with Gasteiger partial charge in [-0.2, -0.15) is 0 Å². The molecule has 1 unspecified atom stereocenters. The summed E-state index contributed by atoms with van der Waals surface area (Å²) in [5, 5.41) is 1.09. The van der Waals surface area contributed by atoms with E-state index in [4.69, 9.17) is 4.74 Å². The normalized spacial score (nSPS) is 16.5. The van der Waals surface area contributed by atoms with Crippen LogP contribution in [0.4, 0.5) is 5.69 Å². The third kappa shape index (κ3) is 3.86. The third-order valence-electron chi connectivity index (χ3n) is 5.04. The van der Waals surface area contributed by atoms with Crippen molar-refractivity contribution in [2.24, 2.45) is 0 Å². The predicted octanol–water partition coefficient (Wildman–Crippen LogP) is 2.82. The summed E-state index contributed by atoms with van der Waals surface area (Å²) < 4.78 is 34.0. The van der Waals surface area contributed by atoms with Crippen molar-refractivity contribution in [3.05, 3.63) is 54.2 Å². The van der Waals surface area contributed by atoms with Gasteiger partial charge in [0.05, 0.1) is 17.1 Å². The van der Waals surface area contributed by atoms with Crippen molar-refractivity contribution in [1.29, 1.82) is 0 Å². The van der Waals surface area contributed by atoms with E-state index in [9.17, 15) is 13.2 Å². The number of rotatable bonds is 5. The lowest BCUT2D eigenvalue weighted by Gasteiger charge is -2.33. The minimum atomic E-state index is -3.72. The second kappa shape index (κ2) is 7.53. The van der Waals surface area contributed by atoms with E-state index in [0.29, 0.717) is 24.4 Å². The molecule has 0 radical (unpaired) electrons. The van der Waals surface area contributed by atoms with Gasteiger partial charge >= 0.3 is 0 Å². The molecule has 1 aromatic heterocycles. The molecule has 2 heterocycles. The van der Waals surface area contributed by atoms with Crippen LogP contribution in [0.3, 0.4) is 0 Å². The topological polar surface area (TPSA) is 91.5 Å². The number of para-hydroxylation sites is 1. The molecule has 0 spiro atoms. The van der Waals surface area contributed by atoms with Gasteiger partial charge in [0, 0.05) is 30.6 Å². The summed E-state index contributed by atoms with van der Waals surface area (Å²) in [6.45, 7) is 3.99. The molecule has 29 heavy (non-hydrogen) atoms. The fourth-order valence-corrected chi connectivity index (χ4v) is 4.68. The highest BCUT2D eigenvalue weighted by molar-refractivity contribution is 7.89. The second-order valence-electron chi connectivity index (χ2n) is 7.19. The Bertz CT molecular complexity index is 1170. The molecule has 3 aromatic rings. The van der Waals surface area contributed by atoms with Gasteiger partial charge in [-0.3, -0.25) is 4.79 Å². The van der Waals surface area contributed by atoms with Gasteiger partial charge in [-0.15, -0.1) is 0 Å². The number of carbonyl (C=O) groups excluding carboxylic acids is 1. The smallest absolute Gasteiger partial charge is 0.240 e. The Morgan fingerprint density at radius 3 is 2.86 bits per heavy atom. The highest BCUT2D eigenvalue weighted by atomic mass is 32.2. The number of anilines is 1. The maximum atomic E-state index is 12.8. The molecule has 0 saturated heterocycles. The van der Waals surface area contributed by atoms with E-state index in [1.165, 1.54) is 19.1 Å². The molecule has 1 amide bonds. The number of hydrogen-bond acceptors (Lipinski definition) is 4. The Morgan fingerprint density at radius 2 is 2.07 bits per heavy atom. The highest BCUT2D eigenvalue weighted by Crippen LogP contribution is 2.35. The third-order valence-corrected chi connectivity index (χ3v) is 6.50. The SMILES string of the molecule is CC(=O)N1CC(C)Oc2ccc(S(=O)(=O)NCCc3c[nH]c4ccccc34)cc21. The zero-order valence-electron chi connectivity index (χ0n) is 16.3. The molecule has 4 rings (SSSR count). The van der Waals surface area contributed by atoms with Crippen molar-refractivity contribution in [3.8, 4) is 5.75 Å². The average Bonchev–Trinajstić information content (AvgIpc) is 3.10. The molecular weight excluding hydrogens is 390 g/mol. The number of aromatic amines is 1. The number of ether oxygens (including phenoxy) is 1. The molecule has 1 aliphatic heterocycles. The largest absolute Gasteiger partial charge is 0.487 e. The number of sulfonamides is 1. The van der Waals surface area contributed by atoms with Gasteiger partial charge in [0.25, 0.3) is 0 Å². The van der Waals surface area contributed by atoms with Crippen LogP contribution in [0.25, 0.3) is 10.9 Å². The summed E-state index contributed by atoms with van der Waals surface area (Å²) in [6, 6.07) is 12.5. The lowest BCUT2D eigenvalue weighted by atomic mass is 10.1. The van der Waals surface area contributed by atoms with Gasteiger partial charge in [0.1, 0.15) is 11.9 Å². The van der Waals surface area contributed by atoms with Crippen molar-refractivity contribution >= 4 is 32.5 Å². The number of nitrogens with one attached hydrogen (secondary N) is 2. The van der Waals surface area contributed by atoms with Crippen LogP contribution in [0.2, 0.25) is 0 Å². The molecule has 1 aliphatic rings. The van der Waals surface area contributed by atoms with E-state index < -0.39 is 10.0 Å². The Labute approximate surface area is 169 Å². The first-order valence-corrected chi connectivity index (χ1v) is 11.0. The lowest BCUT2D eigenvalue weighted by molar-refractivity contribution is -0.117. The van der Waals surface area contributed by atoms with Gasteiger partial charge in [-0.25, -0.2) is 13.1 Å². The maximum Gasteiger partial charge on any atom is 0.240 e. The number of nitrogens with zero attached hydrogens (tertiary/aromatic N) is 1. The van der Waals surface area contributed by atoms with Crippen molar-refractivity contribution in [3.63, 3.8) is 0 Å². The van der Waals surface area contributed by atoms with E-state index in [1.807, 2.05) is 37.4 Å². The van der Waals surface area contributed by atoms with E-state index in [-0.39, 0.29) is 23.5 Å². The van der Waals surface area contributed by atoms with Crippen LogP contribution in [0.15, 0.2) is 53.6 Å². The van der Waals surface area contributed by atoms with Crippen molar-refractivity contribution in [1.82, 2.24) is 9.71 Å². The van der Waals surface area contributed by atoms with E-state index in [1.54, 1.807) is 11.0 Å². The van der Waals surface area contributed by atoms with Gasteiger partial charge < -0.3 is 14.6 Å². The second-order valence-corrected chi connectivity index (χ2v) is 8.96. The Hall–Kier alpha value is -2.84. The summed E-state index contributed by atoms with van der Waals surface area (Å²) in [7, 11) is -3.72. The molecule has 152 valence electrons. The van der Waals surface area contributed by atoms with Gasteiger partial charge in [0.2, 0.25) is 15.9 Å². The van der Waals surface area contributed by atoms with Crippen LogP contribution >= 0.6 is 0 Å². The number of hydrogen-bond donors (Lipinski definition) is 2. The van der Waals surface area contributed by atoms with Crippen molar-refractivity contribution in [2.75, 3.05) is 18.0 Å². The van der Waals surface area contributed by atoms with Crippen molar-refractivity contribution < 1.29 is 17.9 Å². The van der Waals surface area contributed by atoms with Crippen molar-refractivity contribution in [2.45, 2.75) is 31.3 Å². The average molecular weight is 413 g/mol. The number of H-pyrrole nitrogens is 1. The molecule has 8 heteroatoms. The van der Waals surface area contributed by atoms with Gasteiger partial charge in [0.15, 0.2) is 0 Å². The zero-order chi connectivity index (χ0) is 20.6. The molecule has 2 N–H and O–H groups in total. The van der Waals surface area contributed by atoms with Crippen LogP contribution in [-0.2, 0) is 21.2 Å². The maximum absolute atomic E-state index is 12.8. The molecule has 1 atom stereocenters. The summed E-state index contributed by atoms with van der Waals surface area (Å²) >= 11 is 0. The van der Waals surface area contributed by atoms with Crippen LogP contribution in [0.1, 0.15) is 19.4 Å². The standard InChI is InChI=1S/C21H23N3O4S/c1-14-13-24(15(2)25)20-11-17(7-8-21(20)28-14)29(26,27)23-10-9-16-12-22-19-6-4-3-5-18(16)19/h3-8,11-12,14,22-23H,9-10,13H2,1-2H3.